The van der Waals surface area contributed by atoms with Crippen LogP contribution in [0.4, 0.5) is 5.82 Å². The zero-order chi connectivity index (χ0) is 21.9. The molecule has 2 bridgehead atoms. The quantitative estimate of drug-likeness (QED) is 0.659. The fraction of sp³-hybridized carbons (Fsp3) is 0.542. The Morgan fingerprint density at radius 3 is 2.85 bits per heavy atom. The number of morpholine rings is 1. The van der Waals surface area contributed by atoms with Gasteiger partial charge in [-0.2, -0.15) is 0 Å². The summed E-state index contributed by atoms with van der Waals surface area (Å²) >= 11 is 0. The number of piperidine rings is 1. The lowest BCUT2D eigenvalue weighted by atomic mass is 9.96. The van der Waals surface area contributed by atoms with Crippen molar-refractivity contribution in [1.29, 1.82) is 0 Å². The summed E-state index contributed by atoms with van der Waals surface area (Å²) in [5.74, 6) is 3.31. The van der Waals surface area contributed by atoms with E-state index in [1.54, 1.807) is 0 Å². The van der Waals surface area contributed by atoms with Gasteiger partial charge in [0.25, 0.3) is 0 Å². The molecular formula is C24H27N7O2. The smallest absolute Gasteiger partial charge is 0.227 e. The molecular weight excluding hydrogens is 418 g/mol. The van der Waals surface area contributed by atoms with Crippen molar-refractivity contribution >= 4 is 22.9 Å². The molecule has 3 saturated heterocycles. The monoisotopic (exact) mass is 445 g/mol. The van der Waals surface area contributed by atoms with Crippen LogP contribution in [0.2, 0.25) is 0 Å². The molecule has 1 aliphatic carbocycles. The molecule has 170 valence electrons. The minimum absolute atomic E-state index is 0.0206. The molecule has 7 rings (SSSR count). The highest BCUT2D eigenvalue weighted by Gasteiger charge is 2.43. The summed E-state index contributed by atoms with van der Waals surface area (Å²) in [5, 5.41) is 0. The summed E-state index contributed by atoms with van der Waals surface area (Å²) in [6.07, 6.45) is 7.32. The number of aromatic amines is 1. The van der Waals surface area contributed by atoms with Gasteiger partial charge in [-0.05, 0) is 50.3 Å². The molecule has 6 heterocycles. The average molecular weight is 446 g/mol. The van der Waals surface area contributed by atoms with Crippen LogP contribution in [0.5, 0.6) is 0 Å². The van der Waals surface area contributed by atoms with Gasteiger partial charge in [-0.3, -0.25) is 4.79 Å². The van der Waals surface area contributed by atoms with E-state index < -0.39 is 0 Å². The fourth-order valence-electron chi connectivity index (χ4n) is 5.51. The highest BCUT2D eigenvalue weighted by atomic mass is 16.5. The molecule has 3 aromatic rings. The van der Waals surface area contributed by atoms with Crippen molar-refractivity contribution in [3.63, 3.8) is 0 Å². The number of likely N-dealkylation sites (tertiary alicyclic amines) is 1. The summed E-state index contributed by atoms with van der Waals surface area (Å²) in [4.78, 5) is 39.5. The molecule has 4 fully saturated rings. The summed E-state index contributed by atoms with van der Waals surface area (Å²) in [7, 11) is 0. The summed E-state index contributed by atoms with van der Waals surface area (Å²) in [6, 6.07) is 6.22. The highest BCUT2D eigenvalue weighted by molar-refractivity contribution is 5.81. The van der Waals surface area contributed by atoms with Gasteiger partial charge in [0, 0.05) is 31.7 Å². The average Bonchev–Trinajstić information content (AvgIpc) is 3.28. The van der Waals surface area contributed by atoms with Crippen LogP contribution in [-0.4, -0.2) is 74.1 Å². The standard InChI is InChI=1S/C24H27N7O2/c32-24(31-12-17-10-16(31)13-33-17)15-2-1-9-30(11-15)20-6-5-18-23(28-20)29-22(27-18)19-7-8-25-21(26-19)14-3-4-14/h5-8,14-17H,1-4,9-13H2,(H,27,28,29). The lowest BCUT2D eigenvalue weighted by molar-refractivity contribution is -0.140. The number of H-pyrrole nitrogens is 1. The first-order valence-corrected chi connectivity index (χ1v) is 12.1. The molecule has 1 N–H and O–H groups in total. The Labute approximate surface area is 191 Å². The number of imidazole rings is 1. The fourth-order valence-corrected chi connectivity index (χ4v) is 5.51. The van der Waals surface area contributed by atoms with Crippen molar-refractivity contribution in [1.82, 2.24) is 29.8 Å². The van der Waals surface area contributed by atoms with E-state index in [-0.39, 0.29) is 24.0 Å². The van der Waals surface area contributed by atoms with Crippen LogP contribution in [0, 0.1) is 5.92 Å². The molecule has 9 heteroatoms. The Bertz CT molecular complexity index is 1220. The number of anilines is 1. The van der Waals surface area contributed by atoms with Crippen molar-refractivity contribution < 1.29 is 9.53 Å². The number of aromatic nitrogens is 5. The number of amides is 1. The van der Waals surface area contributed by atoms with Gasteiger partial charge in [0.1, 0.15) is 17.3 Å². The molecule has 3 aliphatic heterocycles. The maximum Gasteiger partial charge on any atom is 0.227 e. The van der Waals surface area contributed by atoms with E-state index in [1.807, 2.05) is 24.4 Å². The summed E-state index contributed by atoms with van der Waals surface area (Å²) < 4.78 is 5.67. The summed E-state index contributed by atoms with van der Waals surface area (Å²) in [6.45, 7) is 3.07. The minimum atomic E-state index is 0.0206. The van der Waals surface area contributed by atoms with E-state index in [0.29, 0.717) is 24.7 Å². The predicted octanol–water partition coefficient (Wildman–Crippen LogP) is 2.51. The van der Waals surface area contributed by atoms with Gasteiger partial charge in [-0.25, -0.2) is 19.9 Å². The maximum atomic E-state index is 13.2. The number of nitrogens with zero attached hydrogens (tertiary/aromatic N) is 6. The Kier molecular flexibility index (Phi) is 4.40. The summed E-state index contributed by atoms with van der Waals surface area (Å²) in [5.41, 5.74) is 2.37. The first kappa shape index (κ1) is 19.4. The molecule has 3 atom stereocenters. The molecule has 3 unspecified atom stereocenters. The third kappa shape index (κ3) is 3.45. The number of hydrogen-bond acceptors (Lipinski definition) is 7. The van der Waals surface area contributed by atoms with Gasteiger partial charge in [0.2, 0.25) is 5.91 Å². The lowest BCUT2D eigenvalue weighted by Gasteiger charge is -2.36. The normalized spacial score (nSPS) is 27.0. The Hall–Kier alpha value is -3.07. The molecule has 0 spiro atoms. The number of carbonyl (C=O) groups excluding carboxylic acids is 1. The number of pyridine rings is 1. The van der Waals surface area contributed by atoms with Crippen molar-refractivity contribution in [2.45, 2.75) is 50.2 Å². The number of fused-ring (bicyclic) bond motifs is 3. The van der Waals surface area contributed by atoms with E-state index in [0.717, 1.165) is 61.0 Å². The highest BCUT2D eigenvalue weighted by Crippen LogP contribution is 2.38. The SMILES string of the molecule is O=C(C1CCCN(c2ccc3[nH]c(-c4ccnc(C5CC5)n4)nc3n2)C1)N1CC2CC1CO2. The Morgan fingerprint density at radius 2 is 2.03 bits per heavy atom. The van der Waals surface area contributed by atoms with Gasteiger partial charge in [-0.15, -0.1) is 0 Å². The second-order valence-electron chi connectivity index (χ2n) is 9.82. The van der Waals surface area contributed by atoms with Crippen molar-refractivity contribution in [2.24, 2.45) is 5.92 Å². The van der Waals surface area contributed by atoms with Crippen molar-refractivity contribution in [3.8, 4) is 11.5 Å². The van der Waals surface area contributed by atoms with E-state index in [1.165, 1.54) is 12.8 Å². The van der Waals surface area contributed by atoms with Gasteiger partial charge in [0.15, 0.2) is 11.5 Å². The molecule has 9 nitrogen and oxygen atoms in total. The molecule has 3 aromatic heterocycles. The van der Waals surface area contributed by atoms with Crippen LogP contribution in [0.3, 0.4) is 0 Å². The molecule has 4 aliphatic rings. The second kappa shape index (κ2) is 7.48. The van der Waals surface area contributed by atoms with E-state index >= 15 is 0 Å². The van der Waals surface area contributed by atoms with Crippen molar-refractivity contribution in [3.05, 3.63) is 30.2 Å². The van der Waals surface area contributed by atoms with Crippen LogP contribution < -0.4 is 4.90 Å². The van der Waals surface area contributed by atoms with Gasteiger partial charge in [-0.1, -0.05) is 0 Å². The second-order valence-corrected chi connectivity index (χ2v) is 9.82. The third-order valence-electron chi connectivity index (χ3n) is 7.47. The van der Waals surface area contributed by atoms with E-state index in [2.05, 4.69) is 19.8 Å². The number of carbonyl (C=O) groups is 1. The van der Waals surface area contributed by atoms with Crippen LogP contribution in [0.25, 0.3) is 22.7 Å². The minimum Gasteiger partial charge on any atom is -0.374 e. The van der Waals surface area contributed by atoms with Gasteiger partial charge >= 0.3 is 0 Å². The first-order chi connectivity index (χ1) is 16.2. The van der Waals surface area contributed by atoms with Crippen molar-refractivity contribution in [2.75, 3.05) is 31.1 Å². The molecule has 0 radical (unpaired) electrons. The molecule has 1 amide bonds. The molecule has 0 aromatic carbocycles. The number of nitrogens with one attached hydrogen (secondary N) is 1. The largest absolute Gasteiger partial charge is 0.374 e. The Morgan fingerprint density at radius 1 is 1.09 bits per heavy atom. The zero-order valence-corrected chi connectivity index (χ0v) is 18.5. The number of hydrogen-bond donors (Lipinski definition) is 1. The van der Waals surface area contributed by atoms with E-state index in [9.17, 15) is 4.79 Å². The number of ether oxygens (including phenoxy) is 1. The first-order valence-electron chi connectivity index (χ1n) is 12.1. The molecule has 1 saturated carbocycles. The van der Waals surface area contributed by atoms with Crippen LogP contribution in [0.1, 0.15) is 43.8 Å². The van der Waals surface area contributed by atoms with Crippen LogP contribution >= 0.6 is 0 Å². The lowest BCUT2D eigenvalue weighted by Crippen LogP contribution is -2.49. The predicted molar refractivity (Wildman–Crippen MR) is 122 cm³/mol. The zero-order valence-electron chi connectivity index (χ0n) is 18.5. The van der Waals surface area contributed by atoms with Crippen LogP contribution in [-0.2, 0) is 9.53 Å². The maximum absolute atomic E-state index is 13.2. The van der Waals surface area contributed by atoms with Crippen LogP contribution in [0.15, 0.2) is 24.4 Å². The Balaban J connectivity index is 1.11. The molecule has 33 heavy (non-hydrogen) atoms. The van der Waals surface area contributed by atoms with E-state index in [4.69, 9.17) is 19.7 Å². The van der Waals surface area contributed by atoms with Gasteiger partial charge in [0.05, 0.1) is 30.2 Å². The number of rotatable bonds is 4. The van der Waals surface area contributed by atoms with Gasteiger partial charge < -0.3 is 19.5 Å². The topological polar surface area (TPSA) is 100 Å². The third-order valence-corrected chi connectivity index (χ3v) is 7.47.